The molecule has 0 saturated carbocycles. The van der Waals surface area contributed by atoms with Crippen LogP contribution in [0.2, 0.25) is 0 Å². The van der Waals surface area contributed by atoms with Crippen molar-refractivity contribution in [3.05, 3.63) is 106 Å². The predicted molar refractivity (Wildman–Crippen MR) is 132 cm³/mol. The van der Waals surface area contributed by atoms with E-state index in [4.69, 9.17) is 9.47 Å². The summed E-state index contributed by atoms with van der Waals surface area (Å²) in [6, 6.07) is 24.9. The van der Waals surface area contributed by atoms with E-state index in [1.54, 1.807) is 52.1 Å². The first-order valence-corrected chi connectivity index (χ1v) is 11.1. The van der Waals surface area contributed by atoms with E-state index in [1.807, 2.05) is 60.7 Å². The van der Waals surface area contributed by atoms with Crippen LogP contribution in [-0.4, -0.2) is 30.3 Å². The number of hydrogen-bond acceptors (Lipinski definition) is 5. The van der Waals surface area contributed by atoms with Crippen molar-refractivity contribution in [2.75, 3.05) is 18.6 Å². The summed E-state index contributed by atoms with van der Waals surface area (Å²) in [4.78, 5) is 26.6. The lowest BCUT2D eigenvalue weighted by Crippen LogP contribution is -2.43. The molecule has 2 atom stereocenters. The van der Waals surface area contributed by atoms with Gasteiger partial charge in [0.1, 0.15) is 11.4 Å². The molecule has 0 unspecified atom stereocenters. The van der Waals surface area contributed by atoms with E-state index in [2.05, 4.69) is 0 Å². The Labute approximate surface area is 200 Å². The van der Waals surface area contributed by atoms with Crippen LogP contribution in [0.4, 0.5) is 10.5 Å². The SMILES string of the molecule is COc1ccc(N(C(=O)OC(C)(C)C)[C@H](c2ccccc2)[C@@H](C[N+](=O)[O-])c2ccccc2)cc1. The number of anilines is 1. The van der Waals surface area contributed by atoms with Crippen molar-refractivity contribution in [3.63, 3.8) is 0 Å². The number of hydrogen-bond donors (Lipinski definition) is 0. The van der Waals surface area contributed by atoms with Gasteiger partial charge >= 0.3 is 6.09 Å². The molecule has 3 aromatic carbocycles. The van der Waals surface area contributed by atoms with Crippen LogP contribution in [0, 0.1) is 10.1 Å². The first-order valence-electron chi connectivity index (χ1n) is 11.1. The lowest BCUT2D eigenvalue weighted by molar-refractivity contribution is -0.484. The number of benzene rings is 3. The fourth-order valence-corrected chi connectivity index (χ4v) is 3.89. The van der Waals surface area contributed by atoms with Gasteiger partial charge in [0.05, 0.1) is 19.1 Å². The number of nitro groups is 1. The molecule has 3 rings (SSSR count). The van der Waals surface area contributed by atoms with Crippen LogP contribution < -0.4 is 9.64 Å². The van der Waals surface area contributed by atoms with Gasteiger partial charge in [-0.3, -0.25) is 15.0 Å². The minimum absolute atomic E-state index is 0.338. The summed E-state index contributed by atoms with van der Waals surface area (Å²) in [7, 11) is 1.57. The highest BCUT2D eigenvalue weighted by atomic mass is 16.6. The maximum absolute atomic E-state index is 13.7. The number of rotatable bonds is 8. The molecule has 178 valence electrons. The summed E-state index contributed by atoms with van der Waals surface area (Å²) in [6.07, 6.45) is -0.587. The zero-order valence-electron chi connectivity index (χ0n) is 19.9. The molecule has 0 N–H and O–H groups in total. The lowest BCUT2D eigenvalue weighted by atomic mass is 9.85. The van der Waals surface area contributed by atoms with Crippen molar-refractivity contribution in [1.29, 1.82) is 0 Å². The van der Waals surface area contributed by atoms with Crippen LogP contribution in [0.1, 0.15) is 43.9 Å². The summed E-state index contributed by atoms with van der Waals surface area (Å²) < 4.78 is 11.1. The van der Waals surface area contributed by atoms with Crippen LogP contribution >= 0.6 is 0 Å². The van der Waals surface area contributed by atoms with Crippen molar-refractivity contribution in [2.45, 2.75) is 38.3 Å². The molecular weight excluding hydrogens is 432 g/mol. The largest absolute Gasteiger partial charge is 0.497 e. The molecule has 0 fully saturated rings. The third-order valence-electron chi connectivity index (χ3n) is 5.31. The number of ether oxygens (including phenoxy) is 2. The highest BCUT2D eigenvalue weighted by Crippen LogP contribution is 2.40. The van der Waals surface area contributed by atoms with Gasteiger partial charge in [0.15, 0.2) is 0 Å². The average molecular weight is 463 g/mol. The highest BCUT2D eigenvalue weighted by molar-refractivity contribution is 5.89. The molecule has 0 aliphatic rings. The van der Waals surface area contributed by atoms with Crippen LogP contribution in [0.5, 0.6) is 5.75 Å². The zero-order valence-corrected chi connectivity index (χ0v) is 19.9. The Morgan fingerprint density at radius 2 is 1.44 bits per heavy atom. The van der Waals surface area contributed by atoms with E-state index >= 15 is 0 Å². The van der Waals surface area contributed by atoms with Gasteiger partial charge in [-0.15, -0.1) is 0 Å². The number of amides is 1. The second-order valence-corrected chi connectivity index (χ2v) is 8.94. The Hall–Kier alpha value is -3.87. The fourth-order valence-electron chi connectivity index (χ4n) is 3.89. The van der Waals surface area contributed by atoms with E-state index in [1.165, 1.54) is 4.90 Å². The second-order valence-electron chi connectivity index (χ2n) is 8.94. The average Bonchev–Trinajstić information content (AvgIpc) is 2.81. The number of carbonyl (C=O) groups is 1. The first-order chi connectivity index (χ1) is 16.2. The maximum Gasteiger partial charge on any atom is 0.415 e. The van der Waals surface area contributed by atoms with Crippen molar-refractivity contribution in [1.82, 2.24) is 0 Å². The molecule has 0 saturated heterocycles. The minimum Gasteiger partial charge on any atom is -0.497 e. The molecule has 7 nitrogen and oxygen atoms in total. The number of carbonyl (C=O) groups excluding carboxylic acids is 1. The van der Waals surface area contributed by atoms with Gasteiger partial charge in [-0.2, -0.15) is 0 Å². The standard InChI is InChI=1S/C27H30N2O5/c1-27(2,3)34-26(30)29(22-15-17-23(33-4)18-16-22)25(21-13-9-6-10-14-21)24(19-28(31)32)20-11-7-5-8-12-20/h5-18,24-25H,19H2,1-4H3/t24-,25+/m0/s1. The van der Waals surface area contributed by atoms with Crippen LogP contribution in [0.3, 0.4) is 0 Å². The van der Waals surface area contributed by atoms with Gasteiger partial charge in [-0.1, -0.05) is 60.7 Å². The summed E-state index contributed by atoms with van der Waals surface area (Å²) in [6.45, 7) is 5.01. The van der Waals surface area contributed by atoms with E-state index in [9.17, 15) is 14.9 Å². The Kier molecular flexibility index (Phi) is 7.89. The minimum atomic E-state index is -0.756. The van der Waals surface area contributed by atoms with Gasteiger partial charge in [-0.05, 0) is 56.2 Å². The van der Waals surface area contributed by atoms with Crippen molar-refractivity contribution >= 4 is 11.8 Å². The third-order valence-corrected chi connectivity index (χ3v) is 5.31. The summed E-state index contributed by atoms with van der Waals surface area (Å²) in [5, 5.41) is 11.8. The molecule has 0 spiro atoms. The Morgan fingerprint density at radius 3 is 1.91 bits per heavy atom. The van der Waals surface area contributed by atoms with Gasteiger partial charge in [0.2, 0.25) is 6.54 Å². The Balaban J connectivity index is 2.23. The van der Waals surface area contributed by atoms with Gasteiger partial charge < -0.3 is 9.47 Å². The normalized spacial score (nSPS) is 12.9. The second kappa shape index (κ2) is 10.8. The van der Waals surface area contributed by atoms with Crippen LogP contribution in [0.25, 0.3) is 0 Å². The fraction of sp³-hybridized carbons (Fsp3) is 0.296. The molecule has 0 aliphatic carbocycles. The maximum atomic E-state index is 13.7. The quantitative estimate of drug-likeness (QED) is 0.292. The summed E-state index contributed by atoms with van der Waals surface area (Å²) in [5.41, 5.74) is 1.32. The molecule has 0 radical (unpaired) electrons. The lowest BCUT2D eigenvalue weighted by Gasteiger charge is -2.37. The molecule has 34 heavy (non-hydrogen) atoms. The van der Waals surface area contributed by atoms with Crippen molar-refractivity contribution in [2.24, 2.45) is 0 Å². The van der Waals surface area contributed by atoms with E-state index < -0.39 is 23.7 Å². The molecular formula is C27H30N2O5. The Bertz CT molecular complexity index is 1080. The predicted octanol–water partition coefficient (Wildman–Crippen LogP) is 6.24. The Morgan fingerprint density at radius 1 is 0.912 bits per heavy atom. The van der Waals surface area contributed by atoms with E-state index in [0.717, 1.165) is 11.1 Å². The molecule has 7 heteroatoms. The van der Waals surface area contributed by atoms with Crippen LogP contribution in [-0.2, 0) is 4.74 Å². The van der Waals surface area contributed by atoms with Crippen molar-refractivity contribution < 1.29 is 19.2 Å². The smallest absolute Gasteiger partial charge is 0.415 e. The van der Waals surface area contributed by atoms with E-state index in [0.29, 0.717) is 11.4 Å². The summed E-state index contributed by atoms with van der Waals surface area (Å²) in [5.74, 6) is 0.00210. The topological polar surface area (TPSA) is 81.9 Å². The zero-order chi connectivity index (χ0) is 24.7. The molecule has 3 aromatic rings. The third kappa shape index (κ3) is 6.34. The molecule has 1 amide bonds. The monoisotopic (exact) mass is 462 g/mol. The molecule has 0 bridgehead atoms. The molecule has 0 heterocycles. The van der Waals surface area contributed by atoms with Crippen molar-refractivity contribution in [3.8, 4) is 5.75 Å². The van der Waals surface area contributed by atoms with Gasteiger partial charge in [0, 0.05) is 10.6 Å². The van der Waals surface area contributed by atoms with Crippen LogP contribution in [0.15, 0.2) is 84.9 Å². The summed E-state index contributed by atoms with van der Waals surface area (Å²) >= 11 is 0. The highest BCUT2D eigenvalue weighted by Gasteiger charge is 2.39. The molecule has 0 aromatic heterocycles. The number of nitrogens with zero attached hydrogens (tertiary/aromatic N) is 2. The first kappa shape index (κ1) is 24.8. The van der Waals surface area contributed by atoms with Gasteiger partial charge in [-0.25, -0.2) is 4.79 Å². The van der Waals surface area contributed by atoms with E-state index in [-0.39, 0.29) is 11.5 Å². The molecule has 0 aliphatic heterocycles. The number of methoxy groups -OCH3 is 1. The van der Waals surface area contributed by atoms with Gasteiger partial charge in [0.25, 0.3) is 0 Å².